The first kappa shape index (κ1) is 24.4. The number of hydrogen-bond donors (Lipinski definition) is 0. The monoisotopic (exact) mass is 502 g/mol. The van der Waals surface area contributed by atoms with Crippen molar-refractivity contribution in [1.29, 1.82) is 0 Å². The minimum absolute atomic E-state index is 0.0640. The van der Waals surface area contributed by atoms with E-state index in [-0.39, 0.29) is 18.0 Å². The molecule has 1 saturated heterocycles. The van der Waals surface area contributed by atoms with Crippen LogP contribution >= 0.6 is 23.1 Å². The zero-order chi connectivity index (χ0) is 24.3. The number of hydrogen-bond acceptors (Lipinski definition) is 8. The fourth-order valence-electron chi connectivity index (χ4n) is 3.52. The summed E-state index contributed by atoms with van der Waals surface area (Å²) in [6.07, 6.45) is 4.65. The Hall–Kier alpha value is -2.72. The number of rotatable bonds is 5. The third-order valence-electron chi connectivity index (χ3n) is 5.14. The van der Waals surface area contributed by atoms with Crippen molar-refractivity contribution >= 4 is 29.2 Å². The second-order valence-corrected chi connectivity index (χ2v) is 10.6. The van der Waals surface area contributed by atoms with Crippen LogP contribution in [-0.4, -0.2) is 57.0 Å². The van der Waals surface area contributed by atoms with Crippen LogP contribution < -0.4 is 4.74 Å². The second kappa shape index (κ2) is 10.3. The summed E-state index contributed by atoms with van der Waals surface area (Å²) >= 11 is 2.87. The molecule has 0 spiro atoms. The summed E-state index contributed by atoms with van der Waals surface area (Å²) in [5, 5.41) is 1.18. The highest BCUT2D eigenvalue weighted by Gasteiger charge is 2.28. The van der Waals surface area contributed by atoms with E-state index in [4.69, 9.17) is 14.5 Å². The Kier molecular flexibility index (Phi) is 7.37. The van der Waals surface area contributed by atoms with Gasteiger partial charge in [-0.2, -0.15) is 0 Å². The number of piperidine rings is 1. The zero-order valence-corrected chi connectivity index (χ0v) is 21.2. The molecule has 1 amide bonds. The molecule has 34 heavy (non-hydrogen) atoms. The van der Waals surface area contributed by atoms with Crippen LogP contribution in [0.25, 0.3) is 21.8 Å². The lowest BCUT2D eigenvalue weighted by atomic mass is 10.1. The average molecular weight is 503 g/mol. The lowest BCUT2D eigenvalue weighted by Crippen LogP contribution is -2.44. The van der Waals surface area contributed by atoms with E-state index in [9.17, 15) is 9.18 Å². The van der Waals surface area contributed by atoms with Gasteiger partial charge in [-0.3, -0.25) is 0 Å². The van der Waals surface area contributed by atoms with Gasteiger partial charge in [-0.25, -0.2) is 24.1 Å². The van der Waals surface area contributed by atoms with Gasteiger partial charge in [0.2, 0.25) is 0 Å². The van der Waals surface area contributed by atoms with Crippen LogP contribution in [0.4, 0.5) is 9.18 Å². The van der Waals surface area contributed by atoms with Crippen molar-refractivity contribution in [3.63, 3.8) is 0 Å². The van der Waals surface area contributed by atoms with Gasteiger partial charge in [0.05, 0.1) is 16.3 Å². The molecule has 1 fully saturated rings. The van der Waals surface area contributed by atoms with E-state index in [0.29, 0.717) is 42.0 Å². The van der Waals surface area contributed by atoms with E-state index in [1.807, 2.05) is 33.1 Å². The van der Waals surface area contributed by atoms with Gasteiger partial charge < -0.3 is 14.4 Å². The van der Waals surface area contributed by atoms with E-state index in [1.54, 1.807) is 23.2 Å². The molecule has 0 N–H and O–H groups in total. The fourth-order valence-corrected chi connectivity index (χ4v) is 4.85. The predicted molar refractivity (Wildman–Crippen MR) is 132 cm³/mol. The number of amides is 1. The molecule has 0 aliphatic carbocycles. The largest absolute Gasteiger partial charge is 0.467 e. The Morgan fingerprint density at radius 3 is 2.50 bits per heavy atom. The minimum atomic E-state index is -0.518. The number of halogens is 1. The van der Waals surface area contributed by atoms with Gasteiger partial charge in [0, 0.05) is 37.7 Å². The molecule has 180 valence electrons. The number of thioether (sulfide) groups is 1. The lowest BCUT2D eigenvalue weighted by molar-refractivity contribution is 0.0126. The molecule has 0 atom stereocenters. The first-order chi connectivity index (χ1) is 16.2. The molecule has 3 heterocycles. The molecule has 10 heteroatoms. The van der Waals surface area contributed by atoms with Crippen molar-refractivity contribution in [3.8, 4) is 27.0 Å². The predicted octanol–water partition coefficient (Wildman–Crippen LogP) is 5.91. The number of benzene rings is 1. The Labute approximate surface area is 206 Å². The van der Waals surface area contributed by atoms with Gasteiger partial charge in [0.15, 0.2) is 5.16 Å². The van der Waals surface area contributed by atoms with Crippen LogP contribution in [0.3, 0.4) is 0 Å². The molecule has 3 aromatic rings. The molecular weight excluding hydrogens is 475 g/mol. The number of carbonyl (C=O) groups excluding carboxylic acids is 1. The van der Waals surface area contributed by atoms with Gasteiger partial charge in [-0.15, -0.1) is 0 Å². The molecule has 0 bridgehead atoms. The van der Waals surface area contributed by atoms with Crippen molar-refractivity contribution in [2.75, 3.05) is 19.3 Å². The molecule has 4 rings (SSSR count). The molecular formula is C24H27FN4O3S2. The lowest BCUT2D eigenvalue weighted by Gasteiger charge is -2.33. The summed E-state index contributed by atoms with van der Waals surface area (Å²) in [7, 11) is 0. The highest BCUT2D eigenvalue weighted by Crippen LogP contribution is 2.40. The number of nitrogens with zero attached hydrogens (tertiary/aromatic N) is 4. The van der Waals surface area contributed by atoms with Gasteiger partial charge >= 0.3 is 6.09 Å². The van der Waals surface area contributed by atoms with Crippen molar-refractivity contribution in [1.82, 2.24) is 19.9 Å². The van der Waals surface area contributed by atoms with Crippen LogP contribution in [0, 0.1) is 5.82 Å². The van der Waals surface area contributed by atoms with Crippen LogP contribution in [0.5, 0.6) is 5.19 Å². The highest BCUT2D eigenvalue weighted by atomic mass is 32.2. The maximum atomic E-state index is 13.5. The van der Waals surface area contributed by atoms with E-state index < -0.39 is 5.60 Å². The first-order valence-corrected chi connectivity index (χ1v) is 13.0. The van der Waals surface area contributed by atoms with Gasteiger partial charge in [-0.05, 0) is 57.4 Å². The standard InChI is InChI=1S/C24H27FN4O3S2/c1-24(2,3)32-23(30)29-13-10-17(11-14-29)31-22-28-19(15-5-7-16(25)8-6-15)20(34-22)18-9-12-26-21(27-18)33-4/h5-9,12,17H,10-11,13-14H2,1-4H3. The van der Waals surface area contributed by atoms with E-state index in [1.165, 1.54) is 35.2 Å². The van der Waals surface area contributed by atoms with Crippen LogP contribution in [0.2, 0.25) is 0 Å². The number of ether oxygens (including phenoxy) is 2. The molecule has 0 radical (unpaired) electrons. The highest BCUT2D eigenvalue weighted by molar-refractivity contribution is 7.98. The smallest absolute Gasteiger partial charge is 0.410 e. The molecule has 1 aliphatic rings. The number of likely N-dealkylation sites (tertiary alicyclic amines) is 1. The second-order valence-electron chi connectivity index (χ2n) is 8.88. The summed E-state index contributed by atoms with van der Waals surface area (Å²) in [6.45, 7) is 6.70. The molecule has 0 unspecified atom stereocenters. The topological polar surface area (TPSA) is 77.4 Å². The van der Waals surface area contributed by atoms with Crippen molar-refractivity contribution < 1.29 is 18.7 Å². The van der Waals surface area contributed by atoms with Crippen molar-refractivity contribution in [2.24, 2.45) is 0 Å². The summed E-state index contributed by atoms with van der Waals surface area (Å²) < 4.78 is 25.2. The third-order valence-corrected chi connectivity index (χ3v) is 6.67. The quantitative estimate of drug-likeness (QED) is 0.317. The first-order valence-electron chi connectivity index (χ1n) is 11.0. The summed E-state index contributed by atoms with van der Waals surface area (Å²) in [5.74, 6) is -0.305. The SMILES string of the molecule is CSc1nccc(-c2sc(OC3CCN(C(=O)OC(C)(C)C)CC3)nc2-c2ccc(F)cc2)n1. The number of carbonyl (C=O) groups is 1. The molecule has 1 aliphatic heterocycles. The summed E-state index contributed by atoms with van der Waals surface area (Å²) in [5.41, 5.74) is 1.70. The molecule has 7 nitrogen and oxygen atoms in total. The zero-order valence-electron chi connectivity index (χ0n) is 19.6. The number of aromatic nitrogens is 3. The Balaban J connectivity index is 1.53. The number of thiazole rings is 1. The van der Waals surface area contributed by atoms with Crippen molar-refractivity contribution in [3.05, 3.63) is 42.3 Å². The van der Waals surface area contributed by atoms with Crippen LogP contribution in [0.1, 0.15) is 33.6 Å². The third kappa shape index (κ3) is 6.04. The van der Waals surface area contributed by atoms with E-state index in [0.717, 1.165) is 16.1 Å². The maximum absolute atomic E-state index is 13.5. The van der Waals surface area contributed by atoms with Gasteiger partial charge in [0.1, 0.15) is 17.5 Å². The Morgan fingerprint density at radius 1 is 1.15 bits per heavy atom. The maximum Gasteiger partial charge on any atom is 0.410 e. The Bertz CT molecular complexity index is 1140. The molecule has 1 aromatic carbocycles. The van der Waals surface area contributed by atoms with Gasteiger partial charge in [-0.1, -0.05) is 23.1 Å². The van der Waals surface area contributed by atoms with Gasteiger partial charge in [0.25, 0.3) is 5.19 Å². The van der Waals surface area contributed by atoms with Crippen LogP contribution in [0.15, 0.2) is 41.7 Å². The van der Waals surface area contributed by atoms with E-state index >= 15 is 0 Å². The fraction of sp³-hybridized carbons (Fsp3) is 0.417. The van der Waals surface area contributed by atoms with E-state index in [2.05, 4.69) is 9.97 Å². The average Bonchev–Trinajstić information content (AvgIpc) is 3.22. The molecule has 0 saturated carbocycles. The normalized spacial score (nSPS) is 14.8. The van der Waals surface area contributed by atoms with Crippen LogP contribution in [-0.2, 0) is 4.74 Å². The molecule has 2 aromatic heterocycles. The summed E-state index contributed by atoms with van der Waals surface area (Å²) in [6, 6.07) is 8.07. The minimum Gasteiger partial charge on any atom is -0.467 e. The Morgan fingerprint density at radius 2 is 1.85 bits per heavy atom. The summed E-state index contributed by atoms with van der Waals surface area (Å²) in [4.78, 5) is 28.5. The van der Waals surface area contributed by atoms with Crippen molar-refractivity contribution in [2.45, 2.75) is 50.5 Å².